The van der Waals surface area contributed by atoms with Crippen LogP contribution in [0.25, 0.3) is 0 Å². The predicted molar refractivity (Wildman–Crippen MR) is 52.5 cm³/mol. The molecule has 0 fully saturated rings. The normalized spacial score (nSPS) is 10.5. The molecule has 0 heterocycles. The highest BCUT2D eigenvalue weighted by Crippen LogP contribution is 2.30. The Kier molecular flexibility index (Phi) is 3.47. The molecule has 0 aliphatic carbocycles. The zero-order valence-electron chi connectivity index (χ0n) is 7.76. The van der Waals surface area contributed by atoms with Crippen LogP contribution in [0.4, 0.5) is 14.5 Å². The highest BCUT2D eigenvalue weighted by Gasteiger charge is 2.13. The van der Waals surface area contributed by atoms with E-state index in [-0.39, 0.29) is 27.8 Å². The summed E-state index contributed by atoms with van der Waals surface area (Å²) in [5.74, 6) is -0.532. The Morgan fingerprint density at radius 3 is 2.60 bits per heavy atom. The molecule has 82 valence electrons. The molecule has 0 atom stereocenters. The van der Waals surface area contributed by atoms with Crippen molar-refractivity contribution in [1.82, 2.24) is 0 Å². The van der Waals surface area contributed by atoms with Gasteiger partial charge in [0.15, 0.2) is 11.5 Å². The second-order valence-electron chi connectivity index (χ2n) is 2.80. The van der Waals surface area contributed by atoms with Gasteiger partial charge < -0.3 is 10.5 Å². The molecule has 6 heteroatoms. The first-order valence-corrected chi connectivity index (χ1v) is 4.34. The third kappa shape index (κ3) is 2.79. The van der Waals surface area contributed by atoms with Crippen LogP contribution in [0.3, 0.4) is 0 Å². The van der Waals surface area contributed by atoms with Gasteiger partial charge in [-0.3, -0.25) is 4.79 Å². The molecule has 0 aromatic heterocycles. The van der Waals surface area contributed by atoms with Crippen LogP contribution in [0.15, 0.2) is 12.1 Å². The molecule has 0 bridgehead atoms. The Labute approximate surface area is 89.8 Å². The fourth-order valence-corrected chi connectivity index (χ4v) is 1.33. The summed E-state index contributed by atoms with van der Waals surface area (Å²) in [6.07, 6.45) is 0. The standard InChI is InChI=1S/C9H8ClF2NO2/c1-4(14)5-2-7(13)8(3-6(5)10)15-9(11)12/h2-3,9H,13H2,1H3. The number of halogens is 3. The lowest BCUT2D eigenvalue weighted by molar-refractivity contribution is -0.0493. The number of nitrogen functional groups attached to an aromatic ring is 1. The van der Waals surface area contributed by atoms with Gasteiger partial charge in [-0.05, 0) is 13.0 Å². The number of alkyl halides is 2. The van der Waals surface area contributed by atoms with Gasteiger partial charge in [0, 0.05) is 11.6 Å². The molecule has 0 amide bonds. The molecule has 3 nitrogen and oxygen atoms in total. The molecule has 0 radical (unpaired) electrons. The van der Waals surface area contributed by atoms with Crippen molar-refractivity contribution in [2.45, 2.75) is 13.5 Å². The maximum Gasteiger partial charge on any atom is 0.387 e. The molecule has 1 rings (SSSR count). The van der Waals surface area contributed by atoms with Crippen LogP contribution in [-0.4, -0.2) is 12.4 Å². The van der Waals surface area contributed by atoms with Crippen molar-refractivity contribution in [2.24, 2.45) is 0 Å². The smallest absolute Gasteiger partial charge is 0.387 e. The van der Waals surface area contributed by atoms with Gasteiger partial charge in [0.05, 0.1) is 10.7 Å². The molecule has 0 saturated heterocycles. The van der Waals surface area contributed by atoms with Gasteiger partial charge in [0.2, 0.25) is 0 Å². The highest BCUT2D eigenvalue weighted by atomic mass is 35.5. The maximum atomic E-state index is 11.9. The van der Waals surface area contributed by atoms with Gasteiger partial charge in [-0.1, -0.05) is 11.6 Å². The minimum absolute atomic E-state index is 0.0346. The summed E-state index contributed by atoms with van der Waals surface area (Å²) in [4.78, 5) is 11.0. The Morgan fingerprint density at radius 2 is 2.13 bits per heavy atom. The van der Waals surface area contributed by atoms with Crippen LogP contribution in [0.2, 0.25) is 5.02 Å². The van der Waals surface area contributed by atoms with E-state index >= 15 is 0 Å². The largest absolute Gasteiger partial charge is 0.433 e. The number of ether oxygens (including phenoxy) is 1. The molecule has 0 spiro atoms. The first kappa shape index (κ1) is 11.7. The highest BCUT2D eigenvalue weighted by molar-refractivity contribution is 6.34. The number of Topliss-reactive ketones (excluding diaryl/α,β-unsaturated/α-hetero) is 1. The number of nitrogens with two attached hydrogens (primary N) is 1. The number of hydrogen-bond acceptors (Lipinski definition) is 3. The van der Waals surface area contributed by atoms with Crippen LogP contribution in [0.1, 0.15) is 17.3 Å². The number of anilines is 1. The lowest BCUT2D eigenvalue weighted by atomic mass is 10.1. The zero-order valence-corrected chi connectivity index (χ0v) is 8.52. The van der Waals surface area contributed by atoms with Crippen molar-refractivity contribution in [3.8, 4) is 5.75 Å². The fraction of sp³-hybridized carbons (Fsp3) is 0.222. The Balaban J connectivity index is 3.13. The number of rotatable bonds is 3. The SMILES string of the molecule is CC(=O)c1cc(N)c(OC(F)F)cc1Cl. The molecular weight excluding hydrogens is 228 g/mol. The van der Waals surface area contributed by atoms with Gasteiger partial charge in [-0.2, -0.15) is 8.78 Å². The molecule has 15 heavy (non-hydrogen) atoms. The van der Waals surface area contributed by atoms with E-state index in [0.29, 0.717) is 0 Å². The first-order valence-electron chi connectivity index (χ1n) is 3.96. The summed E-state index contributed by atoms with van der Waals surface area (Å²) in [6, 6.07) is 2.31. The third-order valence-electron chi connectivity index (χ3n) is 1.69. The summed E-state index contributed by atoms with van der Waals surface area (Å²) in [5, 5.41) is 0.0346. The number of hydrogen-bond donors (Lipinski definition) is 1. The van der Waals surface area contributed by atoms with E-state index in [1.54, 1.807) is 0 Å². The zero-order chi connectivity index (χ0) is 11.6. The molecule has 2 N–H and O–H groups in total. The second kappa shape index (κ2) is 4.44. The summed E-state index contributed by atoms with van der Waals surface area (Å²) in [7, 11) is 0. The fourth-order valence-electron chi connectivity index (χ4n) is 1.04. The van der Waals surface area contributed by atoms with Gasteiger partial charge in [0.1, 0.15) is 0 Å². The minimum Gasteiger partial charge on any atom is -0.433 e. The maximum absolute atomic E-state index is 11.9. The average Bonchev–Trinajstić information content (AvgIpc) is 2.09. The van der Waals surface area contributed by atoms with Gasteiger partial charge >= 0.3 is 6.61 Å². The van der Waals surface area contributed by atoms with Crippen LogP contribution in [0.5, 0.6) is 5.75 Å². The van der Waals surface area contributed by atoms with Gasteiger partial charge in [-0.25, -0.2) is 0 Å². The number of carbonyl (C=O) groups excluding carboxylic acids is 1. The number of carbonyl (C=O) groups is 1. The molecule has 0 unspecified atom stereocenters. The van der Waals surface area contributed by atoms with Crippen LogP contribution in [0, 0.1) is 0 Å². The lowest BCUT2D eigenvalue weighted by Gasteiger charge is -2.09. The molecule has 0 aliphatic rings. The van der Waals surface area contributed by atoms with Crippen molar-refractivity contribution in [1.29, 1.82) is 0 Å². The van der Waals surface area contributed by atoms with E-state index in [4.69, 9.17) is 17.3 Å². The summed E-state index contributed by atoms with van der Waals surface area (Å²) in [6.45, 7) is -1.68. The Hall–Kier alpha value is -1.36. The van der Waals surface area contributed by atoms with E-state index in [0.717, 1.165) is 6.07 Å². The lowest BCUT2D eigenvalue weighted by Crippen LogP contribution is -2.06. The van der Waals surface area contributed by atoms with Gasteiger partial charge in [-0.15, -0.1) is 0 Å². The number of ketones is 1. The summed E-state index contributed by atoms with van der Waals surface area (Å²) >= 11 is 5.68. The topological polar surface area (TPSA) is 52.3 Å². The van der Waals surface area contributed by atoms with Gasteiger partial charge in [0.25, 0.3) is 0 Å². The van der Waals surface area contributed by atoms with Crippen LogP contribution in [-0.2, 0) is 0 Å². The molecule has 1 aromatic carbocycles. The van der Waals surface area contributed by atoms with Crippen LogP contribution >= 0.6 is 11.6 Å². The first-order chi connectivity index (χ1) is 6.91. The van der Waals surface area contributed by atoms with E-state index in [2.05, 4.69) is 4.74 Å². The van der Waals surface area contributed by atoms with Crippen molar-refractivity contribution in [3.05, 3.63) is 22.7 Å². The summed E-state index contributed by atoms with van der Waals surface area (Å²) in [5.41, 5.74) is 5.53. The van der Waals surface area contributed by atoms with Crippen molar-refractivity contribution in [3.63, 3.8) is 0 Å². The number of benzene rings is 1. The van der Waals surface area contributed by atoms with Crippen LogP contribution < -0.4 is 10.5 Å². The average molecular weight is 236 g/mol. The third-order valence-corrected chi connectivity index (χ3v) is 2.01. The van der Waals surface area contributed by atoms with E-state index in [9.17, 15) is 13.6 Å². The molecule has 1 aromatic rings. The van der Waals surface area contributed by atoms with E-state index in [1.165, 1.54) is 13.0 Å². The quantitative estimate of drug-likeness (QED) is 0.647. The molecular formula is C9H8ClF2NO2. The summed E-state index contributed by atoms with van der Waals surface area (Å²) < 4.78 is 27.9. The van der Waals surface area contributed by atoms with Crippen molar-refractivity contribution in [2.75, 3.05) is 5.73 Å². The van der Waals surface area contributed by atoms with E-state index < -0.39 is 6.61 Å². The predicted octanol–water partition coefficient (Wildman–Crippen LogP) is 2.73. The molecule has 0 saturated carbocycles. The van der Waals surface area contributed by atoms with Crippen molar-refractivity contribution < 1.29 is 18.3 Å². The monoisotopic (exact) mass is 235 g/mol. The van der Waals surface area contributed by atoms with E-state index in [1.807, 2.05) is 0 Å². The minimum atomic E-state index is -2.98. The van der Waals surface area contributed by atoms with Crippen molar-refractivity contribution >= 4 is 23.1 Å². The Morgan fingerprint density at radius 1 is 1.53 bits per heavy atom. The molecule has 0 aliphatic heterocycles. The second-order valence-corrected chi connectivity index (χ2v) is 3.21. The Bertz CT molecular complexity index is 396.